The average Bonchev–Trinajstić information content (AvgIpc) is 3.38. The topological polar surface area (TPSA) is 50.7 Å². The van der Waals surface area contributed by atoms with Crippen LogP contribution < -0.4 is 10.2 Å². The molecule has 2 aliphatic rings. The number of nitrogens with zero attached hydrogens (tertiary/aromatic N) is 1. The molecule has 1 saturated carbocycles. The first-order chi connectivity index (χ1) is 12.4. The van der Waals surface area contributed by atoms with Crippen LogP contribution in [-0.4, -0.2) is 17.2 Å². The Balaban J connectivity index is 1.70. The summed E-state index contributed by atoms with van der Waals surface area (Å²) in [6.07, 6.45) is 2.64. The van der Waals surface area contributed by atoms with Gasteiger partial charge in [0.25, 0.3) is 0 Å². The van der Waals surface area contributed by atoms with Crippen molar-refractivity contribution in [1.82, 2.24) is 5.43 Å². The normalized spacial score (nSPS) is 18.2. The summed E-state index contributed by atoms with van der Waals surface area (Å²) in [5, 5.41) is 4.37. The van der Waals surface area contributed by atoms with E-state index in [9.17, 15) is 9.18 Å². The summed E-state index contributed by atoms with van der Waals surface area (Å²) in [5.41, 5.74) is 5.78. The highest BCUT2D eigenvalue weighted by Crippen LogP contribution is 2.35. The van der Waals surface area contributed by atoms with Crippen LogP contribution in [0.5, 0.6) is 5.75 Å². The summed E-state index contributed by atoms with van der Waals surface area (Å²) >= 11 is 0. The Labute approximate surface area is 152 Å². The first-order valence-corrected chi connectivity index (χ1v) is 8.87. The number of benzene rings is 2. The number of fused-ring (bicyclic) bond motifs is 1. The predicted molar refractivity (Wildman–Crippen MR) is 97.8 cm³/mol. The molecule has 1 aliphatic carbocycles. The zero-order chi connectivity index (χ0) is 18.3. The van der Waals surface area contributed by atoms with Gasteiger partial charge in [0.2, 0.25) is 5.91 Å². The van der Waals surface area contributed by atoms with E-state index >= 15 is 0 Å². The molecule has 134 valence electrons. The fourth-order valence-corrected chi connectivity index (χ4v) is 3.21. The second kappa shape index (κ2) is 6.24. The van der Waals surface area contributed by atoms with Crippen LogP contribution in [0, 0.1) is 11.7 Å². The van der Waals surface area contributed by atoms with Gasteiger partial charge in [-0.1, -0.05) is 0 Å². The van der Waals surface area contributed by atoms with Gasteiger partial charge < -0.3 is 4.74 Å². The van der Waals surface area contributed by atoms with Gasteiger partial charge in [0.15, 0.2) is 0 Å². The highest BCUT2D eigenvalue weighted by atomic mass is 19.1. The van der Waals surface area contributed by atoms with Crippen molar-refractivity contribution >= 4 is 11.6 Å². The number of amides is 1. The maximum atomic E-state index is 13.3. The number of ether oxygens (including phenoxy) is 1. The SMILES string of the molecule is CC1(C)Cc2cc(/C(=N/NC(=O)C3CC3)c3ccc(F)cc3)ccc2O1. The van der Waals surface area contributed by atoms with Crippen LogP contribution in [0.15, 0.2) is 47.6 Å². The fraction of sp³-hybridized carbons (Fsp3) is 0.333. The van der Waals surface area contributed by atoms with Crippen molar-refractivity contribution < 1.29 is 13.9 Å². The minimum atomic E-state index is -0.306. The Hall–Kier alpha value is -2.69. The second-order valence-corrected chi connectivity index (χ2v) is 7.58. The standard InChI is InChI=1S/C21H21FN2O2/c1-21(2)12-16-11-15(7-10-18(16)26-21)19(13-5-8-17(22)9-6-13)23-24-20(25)14-3-4-14/h5-11,14H,3-4,12H2,1-2H3,(H,24,25)/b23-19+. The molecule has 0 bridgehead atoms. The molecule has 0 spiro atoms. The quantitative estimate of drug-likeness (QED) is 0.672. The van der Waals surface area contributed by atoms with E-state index in [1.807, 2.05) is 18.2 Å². The largest absolute Gasteiger partial charge is 0.487 e. The molecule has 2 aromatic rings. The zero-order valence-corrected chi connectivity index (χ0v) is 14.9. The molecule has 0 unspecified atom stereocenters. The number of hydrogen-bond acceptors (Lipinski definition) is 3. The van der Waals surface area contributed by atoms with E-state index in [2.05, 4.69) is 24.4 Å². The first-order valence-electron chi connectivity index (χ1n) is 8.87. The highest BCUT2D eigenvalue weighted by Gasteiger charge is 2.31. The van der Waals surface area contributed by atoms with Crippen LogP contribution in [0.25, 0.3) is 0 Å². The summed E-state index contributed by atoms with van der Waals surface area (Å²) in [6.45, 7) is 4.11. The van der Waals surface area contributed by atoms with Crippen LogP contribution in [0.1, 0.15) is 43.4 Å². The molecule has 1 fully saturated rings. The summed E-state index contributed by atoms with van der Waals surface area (Å²) in [6, 6.07) is 12.0. The van der Waals surface area contributed by atoms with Crippen molar-refractivity contribution in [3.8, 4) is 5.75 Å². The van der Waals surface area contributed by atoms with Gasteiger partial charge in [0, 0.05) is 23.5 Å². The molecule has 26 heavy (non-hydrogen) atoms. The number of nitrogens with one attached hydrogen (secondary N) is 1. The van der Waals surface area contributed by atoms with Crippen LogP contribution in [-0.2, 0) is 11.2 Å². The van der Waals surface area contributed by atoms with Crippen molar-refractivity contribution in [3.63, 3.8) is 0 Å². The van der Waals surface area contributed by atoms with Crippen molar-refractivity contribution in [1.29, 1.82) is 0 Å². The molecule has 1 N–H and O–H groups in total. The third kappa shape index (κ3) is 3.47. The lowest BCUT2D eigenvalue weighted by molar-refractivity contribution is -0.122. The number of carbonyl (C=O) groups is 1. The molecule has 1 heterocycles. The molecule has 0 saturated heterocycles. The van der Waals surface area contributed by atoms with Gasteiger partial charge in [-0.25, -0.2) is 9.82 Å². The van der Waals surface area contributed by atoms with Gasteiger partial charge in [-0.3, -0.25) is 4.79 Å². The van der Waals surface area contributed by atoms with Crippen LogP contribution in [0.2, 0.25) is 0 Å². The van der Waals surface area contributed by atoms with Gasteiger partial charge in [-0.2, -0.15) is 5.10 Å². The molecule has 4 rings (SSSR count). The summed E-state index contributed by atoms with van der Waals surface area (Å²) in [7, 11) is 0. The summed E-state index contributed by atoms with van der Waals surface area (Å²) < 4.78 is 19.2. The third-order valence-corrected chi connectivity index (χ3v) is 4.68. The molecule has 1 amide bonds. The van der Waals surface area contributed by atoms with Gasteiger partial charge in [0.1, 0.15) is 17.2 Å². The zero-order valence-electron chi connectivity index (χ0n) is 14.9. The third-order valence-electron chi connectivity index (χ3n) is 4.68. The predicted octanol–water partition coefficient (Wildman–Crippen LogP) is 3.82. The number of hydrazone groups is 1. The van der Waals surface area contributed by atoms with Crippen LogP contribution >= 0.6 is 0 Å². The van der Waals surface area contributed by atoms with Crippen molar-refractivity contribution in [2.75, 3.05) is 0 Å². The molecular formula is C21H21FN2O2. The number of halogens is 1. The second-order valence-electron chi connectivity index (χ2n) is 7.58. The molecule has 2 aromatic carbocycles. The molecule has 0 atom stereocenters. The Morgan fingerprint density at radius 3 is 2.54 bits per heavy atom. The number of rotatable bonds is 4. The maximum absolute atomic E-state index is 13.3. The molecule has 0 radical (unpaired) electrons. The van der Waals surface area contributed by atoms with E-state index < -0.39 is 0 Å². The van der Waals surface area contributed by atoms with E-state index in [0.717, 1.165) is 41.7 Å². The smallest absolute Gasteiger partial charge is 0.243 e. The van der Waals surface area contributed by atoms with Crippen molar-refractivity contribution in [3.05, 3.63) is 65.0 Å². The number of hydrogen-bond donors (Lipinski definition) is 1. The van der Waals surface area contributed by atoms with E-state index in [1.54, 1.807) is 12.1 Å². The van der Waals surface area contributed by atoms with E-state index in [-0.39, 0.29) is 23.2 Å². The molecule has 1 aliphatic heterocycles. The van der Waals surface area contributed by atoms with E-state index in [4.69, 9.17) is 4.74 Å². The summed E-state index contributed by atoms with van der Waals surface area (Å²) in [5.74, 6) is 0.580. The lowest BCUT2D eigenvalue weighted by Crippen LogP contribution is -2.24. The minimum absolute atomic E-state index is 0.0600. The molecule has 4 nitrogen and oxygen atoms in total. The molecular weight excluding hydrogens is 331 g/mol. The Kier molecular flexibility index (Phi) is 4.02. The monoisotopic (exact) mass is 352 g/mol. The Morgan fingerprint density at radius 1 is 1.15 bits per heavy atom. The summed E-state index contributed by atoms with van der Waals surface area (Å²) in [4.78, 5) is 12.0. The average molecular weight is 352 g/mol. The van der Waals surface area contributed by atoms with Gasteiger partial charge >= 0.3 is 0 Å². The van der Waals surface area contributed by atoms with Gasteiger partial charge in [-0.05, 0) is 74.7 Å². The van der Waals surface area contributed by atoms with Crippen LogP contribution in [0.3, 0.4) is 0 Å². The maximum Gasteiger partial charge on any atom is 0.243 e. The highest BCUT2D eigenvalue weighted by molar-refractivity contribution is 6.13. The van der Waals surface area contributed by atoms with E-state index in [1.165, 1.54) is 12.1 Å². The minimum Gasteiger partial charge on any atom is -0.487 e. The van der Waals surface area contributed by atoms with Crippen LogP contribution in [0.4, 0.5) is 4.39 Å². The lowest BCUT2D eigenvalue weighted by Gasteiger charge is -2.16. The Bertz CT molecular complexity index is 883. The lowest BCUT2D eigenvalue weighted by atomic mass is 9.96. The van der Waals surface area contributed by atoms with Crippen molar-refractivity contribution in [2.24, 2.45) is 11.0 Å². The van der Waals surface area contributed by atoms with Gasteiger partial charge in [-0.15, -0.1) is 0 Å². The first kappa shape index (κ1) is 16.8. The van der Waals surface area contributed by atoms with E-state index in [0.29, 0.717) is 5.71 Å². The molecule has 0 aromatic heterocycles. The Morgan fingerprint density at radius 2 is 1.85 bits per heavy atom. The number of carbonyl (C=O) groups excluding carboxylic acids is 1. The fourth-order valence-electron chi connectivity index (χ4n) is 3.21. The van der Waals surface area contributed by atoms with Crippen molar-refractivity contribution in [2.45, 2.75) is 38.7 Å². The molecule has 5 heteroatoms. The van der Waals surface area contributed by atoms with Gasteiger partial charge in [0.05, 0.1) is 5.71 Å².